The van der Waals surface area contributed by atoms with Crippen LogP contribution in [0.5, 0.6) is 0 Å². The van der Waals surface area contributed by atoms with Crippen LogP contribution in [-0.2, 0) is 6.42 Å². The Balaban J connectivity index is 2.28. The predicted octanol–water partition coefficient (Wildman–Crippen LogP) is 4.39. The summed E-state index contributed by atoms with van der Waals surface area (Å²) in [7, 11) is 0. The van der Waals surface area contributed by atoms with Crippen LogP contribution in [0.4, 0.5) is 13.2 Å². The zero-order chi connectivity index (χ0) is 15.2. The van der Waals surface area contributed by atoms with Gasteiger partial charge in [-0.1, -0.05) is 37.3 Å². The molecule has 0 aliphatic rings. The van der Waals surface area contributed by atoms with Gasteiger partial charge in [-0.25, -0.2) is 13.2 Å². The molecule has 1 atom stereocenters. The molecule has 0 heterocycles. The standard InChI is InChI=1S/C17H18F3N/c1-2-10-21-16(13-7-3-4-8-14(13)18)11-12-6-5-9-15(19)17(12)20/h3-9,16,21H,2,10-11H2,1H3. The van der Waals surface area contributed by atoms with Crippen molar-refractivity contribution in [3.05, 3.63) is 71.0 Å². The molecule has 0 aliphatic carbocycles. The van der Waals surface area contributed by atoms with Crippen LogP contribution in [0.2, 0.25) is 0 Å². The molecule has 1 N–H and O–H groups in total. The Bertz CT molecular complexity index is 598. The average Bonchev–Trinajstić information content (AvgIpc) is 2.48. The van der Waals surface area contributed by atoms with Crippen molar-refractivity contribution in [3.63, 3.8) is 0 Å². The van der Waals surface area contributed by atoms with Crippen LogP contribution in [0.15, 0.2) is 42.5 Å². The maximum absolute atomic E-state index is 13.9. The smallest absolute Gasteiger partial charge is 0.162 e. The van der Waals surface area contributed by atoms with Crippen molar-refractivity contribution in [3.8, 4) is 0 Å². The van der Waals surface area contributed by atoms with Gasteiger partial charge in [0, 0.05) is 11.6 Å². The zero-order valence-corrected chi connectivity index (χ0v) is 11.9. The molecule has 0 aliphatic heterocycles. The molecule has 0 spiro atoms. The van der Waals surface area contributed by atoms with Crippen LogP contribution in [0.3, 0.4) is 0 Å². The van der Waals surface area contributed by atoms with E-state index in [0.717, 1.165) is 12.5 Å². The Labute approximate surface area is 122 Å². The molecule has 4 heteroatoms. The monoisotopic (exact) mass is 293 g/mol. The Kier molecular flexibility index (Phi) is 5.39. The second-order valence-electron chi connectivity index (χ2n) is 4.95. The first kappa shape index (κ1) is 15.6. The molecule has 0 radical (unpaired) electrons. The highest BCUT2D eigenvalue weighted by Gasteiger charge is 2.18. The molecule has 1 nitrogen and oxygen atoms in total. The lowest BCUT2D eigenvalue weighted by Gasteiger charge is -2.20. The summed E-state index contributed by atoms with van der Waals surface area (Å²) < 4.78 is 41.0. The van der Waals surface area contributed by atoms with Crippen molar-refractivity contribution in [2.75, 3.05) is 6.54 Å². The Morgan fingerprint density at radius 1 is 0.952 bits per heavy atom. The molecule has 1 unspecified atom stereocenters. The molecule has 0 saturated heterocycles. The topological polar surface area (TPSA) is 12.0 Å². The average molecular weight is 293 g/mol. The molecule has 0 fully saturated rings. The number of hydrogen-bond acceptors (Lipinski definition) is 1. The van der Waals surface area contributed by atoms with E-state index in [0.29, 0.717) is 12.1 Å². The van der Waals surface area contributed by atoms with E-state index in [2.05, 4.69) is 5.32 Å². The van der Waals surface area contributed by atoms with Crippen LogP contribution >= 0.6 is 0 Å². The number of hydrogen-bond donors (Lipinski definition) is 1. The molecule has 2 rings (SSSR count). The van der Waals surface area contributed by atoms with Gasteiger partial charge in [0.15, 0.2) is 11.6 Å². The van der Waals surface area contributed by atoms with Gasteiger partial charge in [0.1, 0.15) is 5.82 Å². The van der Waals surface area contributed by atoms with Gasteiger partial charge in [-0.3, -0.25) is 0 Å². The second kappa shape index (κ2) is 7.27. The maximum Gasteiger partial charge on any atom is 0.162 e. The van der Waals surface area contributed by atoms with Crippen LogP contribution in [0, 0.1) is 17.5 Å². The van der Waals surface area contributed by atoms with E-state index < -0.39 is 11.6 Å². The minimum atomic E-state index is -0.879. The first-order valence-electron chi connectivity index (χ1n) is 7.04. The molecule has 112 valence electrons. The van der Waals surface area contributed by atoms with Gasteiger partial charge in [0.05, 0.1) is 0 Å². The van der Waals surface area contributed by atoms with Crippen molar-refractivity contribution in [1.29, 1.82) is 0 Å². The fourth-order valence-corrected chi connectivity index (χ4v) is 2.29. The van der Waals surface area contributed by atoms with Crippen molar-refractivity contribution in [2.45, 2.75) is 25.8 Å². The summed E-state index contributed by atoms with van der Waals surface area (Å²) in [6.45, 7) is 2.67. The largest absolute Gasteiger partial charge is 0.310 e. The minimum Gasteiger partial charge on any atom is -0.310 e. The van der Waals surface area contributed by atoms with Crippen molar-refractivity contribution >= 4 is 0 Å². The van der Waals surface area contributed by atoms with Gasteiger partial charge in [-0.15, -0.1) is 0 Å². The molecule has 2 aromatic carbocycles. The number of benzene rings is 2. The Morgan fingerprint density at radius 3 is 2.38 bits per heavy atom. The highest BCUT2D eigenvalue weighted by molar-refractivity contribution is 5.26. The summed E-state index contributed by atoms with van der Waals surface area (Å²) in [5.74, 6) is -2.09. The normalized spacial score (nSPS) is 12.4. The molecule has 0 bridgehead atoms. The quantitative estimate of drug-likeness (QED) is 0.833. The molecule has 21 heavy (non-hydrogen) atoms. The molecular weight excluding hydrogens is 275 g/mol. The first-order chi connectivity index (χ1) is 10.1. The van der Waals surface area contributed by atoms with E-state index in [4.69, 9.17) is 0 Å². The highest BCUT2D eigenvalue weighted by atomic mass is 19.2. The summed E-state index contributed by atoms with van der Waals surface area (Å²) in [6.07, 6.45) is 1.07. The minimum absolute atomic E-state index is 0.199. The van der Waals surface area contributed by atoms with E-state index >= 15 is 0 Å². The van der Waals surface area contributed by atoms with Gasteiger partial charge >= 0.3 is 0 Å². The second-order valence-corrected chi connectivity index (χ2v) is 4.95. The summed E-state index contributed by atoms with van der Waals surface area (Å²) in [5, 5.41) is 3.19. The van der Waals surface area contributed by atoms with E-state index in [1.165, 1.54) is 18.2 Å². The predicted molar refractivity (Wildman–Crippen MR) is 77.5 cm³/mol. The van der Waals surface area contributed by atoms with Crippen LogP contribution in [-0.4, -0.2) is 6.54 Å². The lowest BCUT2D eigenvalue weighted by molar-refractivity contribution is 0.466. The lowest BCUT2D eigenvalue weighted by atomic mass is 9.97. The molecule has 0 aromatic heterocycles. The van der Waals surface area contributed by atoms with E-state index in [-0.39, 0.29) is 23.8 Å². The van der Waals surface area contributed by atoms with Crippen molar-refractivity contribution < 1.29 is 13.2 Å². The Morgan fingerprint density at radius 2 is 1.67 bits per heavy atom. The summed E-state index contributed by atoms with van der Waals surface area (Å²) >= 11 is 0. The van der Waals surface area contributed by atoms with Gasteiger partial charge in [0.2, 0.25) is 0 Å². The fourth-order valence-electron chi connectivity index (χ4n) is 2.29. The van der Waals surface area contributed by atoms with Gasteiger partial charge in [-0.05, 0) is 37.1 Å². The molecule has 0 amide bonds. The zero-order valence-electron chi connectivity index (χ0n) is 11.9. The molecule has 0 saturated carbocycles. The van der Waals surface area contributed by atoms with E-state index in [9.17, 15) is 13.2 Å². The third-order valence-corrected chi connectivity index (χ3v) is 3.38. The summed E-state index contributed by atoms with van der Waals surface area (Å²) in [4.78, 5) is 0. The van der Waals surface area contributed by atoms with E-state index in [1.54, 1.807) is 18.2 Å². The van der Waals surface area contributed by atoms with Crippen LogP contribution in [0.1, 0.15) is 30.5 Å². The van der Waals surface area contributed by atoms with Crippen molar-refractivity contribution in [2.24, 2.45) is 0 Å². The maximum atomic E-state index is 13.9. The van der Waals surface area contributed by atoms with Crippen LogP contribution in [0.25, 0.3) is 0 Å². The van der Waals surface area contributed by atoms with Gasteiger partial charge in [-0.2, -0.15) is 0 Å². The lowest BCUT2D eigenvalue weighted by Crippen LogP contribution is -2.25. The summed E-state index contributed by atoms with van der Waals surface area (Å²) in [5.41, 5.74) is 0.710. The van der Waals surface area contributed by atoms with Crippen LogP contribution < -0.4 is 5.32 Å². The molecule has 2 aromatic rings. The van der Waals surface area contributed by atoms with Crippen molar-refractivity contribution in [1.82, 2.24) is 5.32 Å². The summed E-state index contributed by atoms with van der Waals surface area (Å²) in [6, 6.07) is 10.1. The highest BCUT2D eigenvalue weighted by Crippen LogP contribution is 2.23. The number of nitrogens with one attached hydrogen (secondary N) is 1. The number of rotatable bonds is 6. The number of halogens is 3. The fraction of sp³-hybridized carbons (Fsp3) is 0.294. The van der Waals surface area contributed by atoms with Gasteiger partial charge < -0.3 is 5.32 Å². The SMILES string of the molecule is CCCNC(Cc1cccc(F)c1F)c1ccccc1F. The molecular formula is C17H18F3N. The first-order valence-corrected chi connectivity index (χ1v) is 7.04. The third-order valence-electron chi connectivity index (χ3n) is 3.38. The Hall–Kier alpha value is -1.81. The van der Waals surface area contributed by atoms with Gasteiger partial charge in [0.25, 0.3) is 0 Å². The van der Waals surface area contributed by atoms with E-state index in [1.807, 2.05) is 6.92 Å². The third kappa shape index (κ3) is 3.85.